The van der Waals surface area contributed by atoms with Crippen molar-refractivity contribution in [3.63, 3.8) is 0 Å². The van der Waals surface area contributed by atoms with E-state index < -0.39 is 17.9 Å². The van der Waals surface area contributed by atoms with Gasteiger partial charge in [0, 0.05) is 5.56 Å². The van der Waals surface area contributed by atoms with Crippen molar-refractivity contribution >= 4 is 17.8 Å². The number of rotatable bonds is 6. The van der Waals surface area contributed by atoms with Gasteiger partial charge in [0.2, 0.25) is 5.91 Å². The van der Waals surface area contributed by atoms with Crippen molar-refractivity contribution in [2.24, 2.45) is 0 Å². The maximum Gasteiger partial charge on any atom is 0.306 e. The van der Waals surface area contributed by atoms with E-state index in [0.29, 0.717) is 5.56 Å². The molecule has 1 atom stereocenters. The van der Waals surface area contributed by atoms with Gasteiger partial charge in [0.1, 0.15) is 6.04 Å². The maximum absolute atomic E-state index is 11.8. The second-order valence-corrected chi connectivity index (χ2v) is 4.44. The van der Waals surface area contributed by atoms with Gasteiger partial charge < -0.3 is 15.7 Å². The molecule has 0 aliphatic heterocycles. The minimum atomic E-state index is -1.11. The largest absolute Gasteiger partial charge is 0.481 e. The first-order valence-electron chi connectivity index (χ1n) is 6.24. The predicted octanol–water partition coefficient (Wildman–Crippen LogP) is 0.318. The smallest absolute Gasteiger partial charge is 0.306 e. The Hall–Kier alpha value is -2.81. The van der Waals surface area contributed by atoms with Gasteiger partial charge in [0.25, 0.3) is 5.91 Å². The highest BCUT2D eigenvalue weighted by Gasteiger charge is 2.14. The Balaban J connectivity index is 2.47. The number of carbonyl (C=O) groups excluding carboxylic acids is 2. The zero-order valence-corrected chi connectivity index (χ0v) is 11.6. The van der Waals surface area contributed by atoms with Crippen LogP contribution in [0.2, 0.25) is 0 Å². The molecule has 0 bridgehead atoms. The molecule has 6 heteroatoms. The molecule has 0 saturated heterocycles. The summed E-state index contributed by atoms with van der Waals surface area (Å²) in [6, 6.07) is 6.03. The molecule has 3 N–H and O–H groups in total. The molecule has 6 nitrogen and oxygen atoms in total. The van der Waals surface area contributed by atoms with Crippen molar-refractivity contribution < 1.29 is 19.5 Å². The van der Waals surface area contributed by atoms with Crippen LogP contribution in [0.1, 0.15) is 22.3 Å². The van der Waals surface area contributed by atoms with Crippen molar-refractivity contribution in [1.82, 2.24) is 10.6 Å². The summed E-state index contributed by atoms with van der Waals surface area (Å²) >= 11 is 0. The Bertz CT molecular complexity index is 590. The molecule has 110 valence electrons. The van der Waals surface area contributed by atoms with Crippen molar-refractivity contribution in [3.8, 4) is 12.3 Å². The molecule has 1 aromatic carbocycles. The van der Waals surface area contributed by atoms with Crippen LogP contribution >= 0.6 is 0 Å². The molecule has 1 rings (SSSR count). The highest BCUT2D eigenvalue weighted by atomic mass is 16.4. The van der Waals surface area contributed by atoms with E-state index in [1.807, 2.05) is 13.0 Å². The first-order chi connectivity index (χ1) is 9.92. The number of amides is 2. The molecule has 0 radical (unpaired) electrons. The lowest BCUT2D eigenvalue weighted by molar-refractivity contribution is -0.137. The van der Waals surface area contributed by atoms with E-state index in [0.717, 1.165) is 5.56 Å². The van der Waals surface area contributed by atoms with Gasteiger partial charge in [0.15, 0.2) is 0 Å². The standard InChI is InChI=1S/C15H16N2O4/c1-3-12(8-14(19)20)17-13(18)9-16-15(21)11-6-4-5-10(2)7-11/h1,4-7,12H,8-9H2,2H3,(H,16,21)(H,17,18)(H,19,20). The summed E-state index contributed by atoms with van der Waals surface area (Å²) < 4.78 is 0. The van der Waals surface area contributed by atoms with Crippen LogP contribution in [0.5, 0.6) is 0 Å². The molecular formula is C15H16N2O4. The fraction of sp³-hybridized carbons (Fsp3) is 0.267. The Morgan fingerprint density at radius 3 is 2.67 bits per heavy atom. The molecule has 1 unspecified atom stereocenters. The zero-order chi connectivity index (χ0) is 15.8. The van der Waals surface area contributed by atoms with Crippen molar-refractivity contribution in [1.29, 1.82) is 0 Å². The number of nitrogens with one attached hydrogen (secondary N) is 2. The van der Waals surface area contributed by atoms with Crippen LogP contribution in [0.3, 0.4) is 0 Å². The molecule has 0 spiro atoms. The first-order valence-corrected chi connectivity index (χ1v) is 6.24. The Morgan fingerprint density at radius 2 is 2.10 bits per heavy atom. The fourth-order valence-corrected chi connectivity index (χ4v) is 1.62. The third kappa shape index (κ3) is 5.78. The number of hydrogen-bond acceptors (Lipinski definition) is 3. The summed E-state index contributed by atoms with van der Waals surface area (Å²) in [5, 5.41) is 13.4. The van der Waals surface area contributed by atoms with Crippen LogP contribution < -0.4 is 10.6 Å². The summed E-state index contributed by atoms with van der Waals surface area (Å²) in [6.45, 7) is 1.58. The highest BCUT2D eigenvalue weighted by Crippen LogP contribution is 2.03. The summed E-state index contributed by atoms with van der Waals surface area (Å²) in [6.07, 6.45) is 4.75. The minimum Gasteiger partial charge on any atom is -0.481 e. The number of terminal acetylenes is 1. The van der Waals surface area contributed by atoms with Crippen LogP contribution in [0.15, 0.2) is 24.3 Å². The number of hydrogen-bond donors (Lipinski definition) is 3. The van der Waals surface area contributed by atoms with Crippen LogP contribution in [-0.4, -0.2) is 35.5 Å². The van der Waals surface area contributed by atoms with Gasteiger partial charge >= 0.3 is 5.97 Å². The zero-order valence-electron chi connectivity index (χ0n) is 11.6. The molecule has 0 saturated carbocycles. The molecule has 0 aliphatic rings. The van der Waals surface area contributed by atoms with Gasteiger partial charge in [-0.3, -0.25) is 14.4 Å². The topological polar surface area (TPSA) is 95.5 Å². The van der Waals surface area contributed by atoms with E-state index >= 15 is 0 Å². The molecule has 0 fully saturated rings. The van der Waals surface area contributed by atoms with Gasteiger partial charge in [-0.05, 0) is 19.1 Å². The van der Waals surface area contributed by atoms with Gasteiger partial charge in [-0.1, -0.05) is 23.6 Å². The lowest BCUT2D eigenvalue weighted by Crippen LogP contribution is -2.42. The lowest BCUT2D eigenvalue weighted by atomic mass is 10.1. The molecule has 2 amide bonds. The molecule has 0 aromatic heterocycles. The maximum atomic E-state index is 11.8. The van der Waals surface area contributed by atoms with Crippen LogP contribution in [0.4, 0.5) is 0 Å². The van der Waals surface area contributed by atoms with E-state index in [9.17, 15) is 14.4 Å². The molecule has 21 heavy (non-hydrogen) atoms. The van der Waals surface area contributed by atoms with E-state index in [2.05, 4.69) is 16.6 Å². The Labute approximate surface area is 122 Å². The van der Waals surface area contributed by atoms with E-state index in [1.54, 1.807) is 18.2 Å². The van der Waals surface area contributed by atoms with Crippen molar-refractivity contribution in [2.75, 3.05) is 6.54 Å². The average molecular weight is 288 g/mol. The number of aryl methyl sites for hydroxylation is 1. The van der Waals surface area contributed by atoms with E-state index in [1.165, 1.54) is 0 Å². The SMILES string of the molecule is C#CC(CC(=O)O)NC(=O)CNC(=O)c1cccc(C)c1. The van der Waals surface area contributed by atoms with Crippen LogP contribution in [0.25, 0.3) is 0 Å². The third-order valence-corrected chi connectivity index (χ3v) is 2.60. The van der Waals surface area contributed by atoms with Gasteiger partial charge in [0.05, 0.1) is 13.0 Å². The van der Waals surface area contributed by atoms with Gasteiger partial charge in [-0.2, -0.15) is 0 Å². The quantitative estimate of drug-likeness (QED) is 0.657. The van der Waals surface area contributed by atoms with E-state index in [-0.39, 0.29) is 18.9 Å². The first kappa shape index (κ1) is 16.2. The van der Waals surface area contributed by atoms with Crippen molar-refractivity contribution in [3.05, 3.63) is 35.4 Å². The lowest BCUT2D eigenvalue weighted by Gasteiger charge is -2.11. The van der Waals surface area contributed by atoms with Crippen molar-refractivity contribution in [2.45, 2.75) is 19.4 Å². The Kier molecular flexibility index (Phi) is 5.96. The summed E-state index contributed by atoms with van der Waals surface area (Å²) in [4.78, 5) is 33.9. The number of aliphatic carboxylic acids is 1. The number of carboxylic acid groups (broad SMARTS) is 1. The minimum absolute atomic E-state index is 0.273. The molecule has 1 aromatic rings. The molecule has 0 aliphatic carbocycles. The Morgan fingerprint density at radius 1 is 1.38 bits per heavy atom. The second-order valence-electron chi connectivity index (χ2n) is 4.44. The fourth-order valence-electron chi connectivity index (χ4n) is 1.62. The van der Waals surface area contributed by atoms with E-state index in [4.69, 9.17) is 11.5 Å². The van der Waals surface area contributed by atoms with Gasteiger partial charge in [-0.15, -0.1) is 6.42 Å². The summed E-state index contributed by atoms with van der Waals surface area (Å²) in [5.41, 5.74) is 1.38. The highest BCUT2D eigenvalue weighted by molar-refractivity contribution is 5.96. The summed E-state index contributed by atoms with van der Waals surface area (Å²) in [7, 11) is 0. The third-order valence-electron chi connectivity index (χ3n) is 2.60. The number of carbonyl (C=O) groups is 3. The molecule has 0 heterocycles. The molecular weight excluding hydrogens is 272 g/mol. The number of benzene rings is 1. The second kappa shape index (κ2) is 7.70. The average Bonchev–Trinajstić information content (AvgIpc) is 2.43. The van der Waals surface area contributed by atoms with Crippen LogP contribution in [0, 0.1) is 19.3 Å². The monoisotopic (exact) mass is 288 g/mol. The summed E-state index contributed by atoms with van der Waals surface area (Å²) in [5.74, 6) is 0.130. The normalized spacial score (nSPS) is 11.0. The van der Waals surface area contributed by atoms with Crippen LogP contribution in [-0.2, 0) is 9.59 Å². The number of carboxylic acids is 1. The predicted molar refractivity (Wildman–Crippen MR) is 76.5 cm³/mol. The van der Waals surface area contributed by atoms with Gasteiger partial charge in [-0.25, -0.2) is 0 Å².